The molecule has 40 heavy (non-hydrogen) atoms. The predicted octanol–water partition coefficient (Wildman–Crippen LogP) is 4.25. The van der Waals surface area contributed by atoms with Crippen LogP contribution in [0.15, 0.2) is 71.6 Å². The van der Waals surface area contributed by atoms with Crippen molar-refractivity contribution in [2.45, 2.75) is 31.3 Å². The molecule has 3 rings (SSSR count). The van der Waals surface area contributed by atoms with Crippen LogP contribution in [0.25, 0.3) is 0 Å². The molecule has 0 aliphatic rings. The Morgan fingerprint density at radius 3 is 2.25 bits per heavy atom. The number of nitrogens with one attached hydrogen (secondary N) is 1. The van der Waals surface area contributed by atoms with E-state index >= 15 is 0 Å². The van der Waals surface area contributed by atoms with Gasteiger partial charge in [0.25, 0.3) is 10.0 Å². The molecule has 0 fully saturated rings. The summed E-state index contributed by atoms with van der Waals surface area (Å²) >= 11 is 6.34. The van der Waals surface area contributed by atoms with Crippen LogP contribution in [0.2, 0.25) is 5.02 Å². The molecule has 1 N–H and O–H groups in total. The summed E-state index contributed by atoms with van der Waals surface area (Å²) in [6.07, 6.45) is 0. The zero-order valence-electron chi connectivity index (χ0n) is 22.6. The lowest BCUT2D eigenvalue weighted by Crippen LogP contribution is -2.51. The van der Waals surface area contributed by atoms with Gasteiger partial charge < -0.3 is 19.7 Å². The first-order valence-corrected chi connectivity index (χ1v) is 14.2. The van der Waals surface area contributed by atoms with Crippen molar-refractivity contribution in [3.63, 3.8) is 0 Å². The number of benzene rings is 3. The van der Waals surface area contributed by atoms with Gasteiger partial charge in [-0.3, -0.25) is 13.9 Å². The van der Waals surface area contributed by atoms with Crippen LogP contribution in [-0.4, -0.2) is 58.5 Å². The second kappa shape index (κ2) is 13.5. The Morgan fingerprint density at radius 2 is 1.65 bits per heavy atom. The third-order valence-electron chi connectivity index (χ3n) is 6.15. The van der Waals surface area contributed by atoms with Crippen LogP contribution < -0.4 is 19.1 Å². The Kier molecular flexibility index (Phi) is 10.4. The van der Waals surface area contributed by atoms with Crippen LogP contribution in [-0.2, 0) is 26.2 Å². The molecule has 3 aromatic rings. The maximum Gasteiger partial charge on any atom is 0.264 e. The van der Waals surface area contributed by atoms with Crippen molar-refractivity contribution in [3.8, 4) is 11.5 Å². The van der Waals surface area contributed by atoms with Crippen LogP contribution in [0.1, 0.15) is 19.4 Å². The molecule has 0 radical (unpaired) electrons. The van der Waals surface area contributed by atoms with E-state index in [1.165, 1.54) is 49.5 Å². The zero-order valence-corrected chi connectivity index (χ0v) is 24.1. The van der Waals surface area contributed by atoms with Gasteiger partial charge in [-0.25, -0.2) is 12.8 Å². The fourth-order valence-corrected chi connectivity index (χ4v) is 5.58. The minimum Gasteiger partial charge on any atom is -0.493 e. The number of nitrogens with zero attached hydrogens (tertiary/aromatic N) is 2. The zero-order chi connectivity index (χ0) is 29.4. The average Bonchev–Trinajstić information content (AvgIpc) is 2.95. The van der Waals surface area contributed by atoms with E-state index in [1.807, 2.05) is 0 Å². The number of halogens is 2. The van der Waals surface area contributed by atoms with Crippen molar-refractivity contribution < 1.29 is 31.9 Å². The normalized spacial score (nSPS) is 11.8. The molecule has 0 bridgehead atoms. The highest BCUT2D eigenvalue weighted by molar-refractivity contribution is 7.92. The predicted molar refractivity (Wildman–Crippen MR) is 151 cm³/mol. The van der Waals surface area contributed by atoms with E-state index in [4.69, 9.17) is 21.1 Å². The van der Waals surface area contributed by atoms with E-state index in [-0.39, 0.29) is 22.9 Å². The molecule has 0 heterocycles. The number of anilines is 1. The molecule has 214 valence electrons. The van der Waals surface area contributed by atoms with Crippen molar-refractivity contribution >= 4 is 39.1 Å². The maximum atomic E-state index is 13.9. The maximum absolute atomic E-state index is 13.9. The third-order valence-corrected chi connectivity index (χ3v) is 8.29. The third kappa shape index (κ3) is 7.02. The van der Waals surface area contributed by atoms with Gasteiger partial charge in [0.1, 0.15) is 18.4 Å². The van der Waals surface area contributed by atoms with Gasteiger partial charge in [-0.2, -0.15) is 0 Å². The van der Waals surface area contributed by atoms with Crippen LogP contribution >= 0.6 is 11.6 Å². The lowest BCUT2D eigenvalue weighted by atomic mass is 10.1. The molecular weight excluding hydrogens is 561 g/mol. The van der Waals surface area contributed by atoms with E-state index < -0.39 is 40.2 Å². The monoisotopic (exact) mass is 591 g/mol. The number of carbonyl (C=O) groups excluding carboxylic acids is 2. The lowest BCUT2D eigenvalue weighted by molar-refractivity contribution is -0.139. The molecule has 1 atom stereocenters. The molecule has 0 aliphatic heterocycles. The molecule has 0 aromatic heterocycles. The molecule has 0 aliphatic carbocycles. The number of hydrogen-bond acceptors (Lipinski definition) is 6. The number of amides is 2. The van der Waals surface area contributed by atoms with Gasteiger partial charge in [-0.15, -0.1) is 0 Å². The fraction of sp³-hybridized carbons (Fsp3) is 0.286. The summed E-state index contributed by atoms with van der Waals surface area (Å²) in [7, 11) is -1.61. The Bertz CT molecular complexity index is 1450. The summed E-state index contributed by atoms with van der Waals surface area (Å²) in [5.41, 5.74) is 0.623. The molecular formula is C28H31ClFN3O6S. The first kappa shape index (κ1) is 30.7. The van der Waals surface area contributed by atoms with Gasteiger partial charge in [-0.05, 0) is 61.9 Å². The van der Waals surface area contributed by atoms with Crippen LogP contribution in [0.3, 0.4) is 0 Å². The largest absolute Gasteiger partial charge is 0.493 e. The molecule has 2 amide bonds. The Balaban J connectivity index is 2.08. The van der Waals surface area contributed by atoms with Gasteiger partial charge in [0.05, 0.1) is 24.8 Å². The number of sulfonamides is 1. The quantitative estimate of drug-likeness (QED) is 0.338. The molecule has 9 nitrogen and oxygen atoms in total. The Morgan fingerprint density at radius 1 is 1.00 bits per heavy atom. The smallest absolute Gasteiger partial charge is 0.264 e. The van der Waals surface area contributed by atoms with E-state index in [9.17, 15) is 22.4 Å². The van der Waals surface area contributed by atoms with Gasteiger partial charge in [-0.1, -0.05) is 29.8 Å². The second-order valence-electron chi connectivity index (χ2n) is 8.69. The van der Waals surface area contributed by atoms with Crippen LogP contribution in [0.5, 0.6) is 11.5 Å². The molecule has 12 heteroatoms. The minimum atomic E-state index is -4.39. The van der Waals surface area contributed by atoms with Gasteiger partial charge in [0.2, 0.25) is 11.8 Å². The minimum absolute atomic E-state index is 0.0490. The molecule has 0 unspecified atom stereocenters. The lowest BCUT2D eigenvalue weighted by Gasteiger charge is -2.32. The number of hydrogen-bond donors (Lipinski definition) is 1. The van der Waals surface area contributed by atoms with E-state index in [0.717, 1.165) is 16.4 Å². The summed E-state index contributed by atoms with van der Waals surface area (Å²) in [5.74, 6) is -1.19. The van der Waals surface area contributed by atoms with Gasteiger partial charge in [0.15, 0.2) is 11.5 Å². The van der Waals surface area contributed by atoms with E-state index in [2.05, 4.69) is 5.32 Å². The van der Waals surface area contributed by atoms with Crippen LogP contribution in [0, 0.1) is 5.82 Å². The average molecular weight is 592 g/mol. The SMILES string of the molecule is CCNC(=O)[C@@H](C)N(Cc1ccccc1Cl)C(=O)CN(c1ccc(F)cc1)S(=O)(=O)c1ccc(OC)c(OC)c1. The van der Waals surface area contributed by atoms with Crippen molar-refractivity contribution in [1.29, 1.82) is 0 Å². The number of ether oxygens (including phenoxy) is 2. The molecule has 0 spiro atoms. The van der Waals surface area contributed by atoms with Crippen molar-refractivity contribution in [2.24, 2.45) is 0 Å². The second-order valence-corrected chi connectivity index (χ2v) is 11.0. The Labute approximate surface area is 238 Å². The molecule has 3 aromatic carbocycles. The topological polar surface area (TPSA) is 105 Å². The molecule has 0 saturated heterocycles. The summed E-state index contributed by atoms with van der Waals surface area (Å²) in [4.78, 5) is 27.7. The van der Waals surface area contributed by atoms with Crippen molar-refractivity contribution in [3.05, 3.63) is 83.1 Å². The van der Waals surface area contributed by atoms with E-state index in [0.29, 0.717) is 22.9 Å². The summed E-state index contributed by atoms with van der Waals surface area (Å²) < 4.78 is 52.9. The highest BCUT2D eigenvalue weighted by Crippen LogP contribution is 2.32. The van der Waals surface area contributed by atoms with Gasteiger partial charge in [0, 0.05) is 24.2 Å². The molecule has 0 saturated carbocycles. The van der Waals surface area contributed by atoms with Crippen LogP contribution in [0.4, 0.5) is 10.1 Å². The number of methoxy groups -OCH3 is 2. The first-order chi connectivity index (χ1) is 19.0. The summed E-state index contributed by atoms with van der Waals surface area (Å²) in [6, 6.07) is 14.6. The van der Waals surface area contributed by atoms with Crippen molar-refractivity contribution in [1.82, 2.24) is 10.2 Å². The highest BCUT2D eigenvalue weighted by atomic mass is 35.5. The number of rotatable bonds is 12. The first-order valence-electron chi connectivity index (χ1n) is 12.3. The summed E-state index contributed by atoms with van der Waals surface area (Å²) in [6.45, 7) is 2.90. The highest BCUT2D eigenvalue weighted by Gasteiger charge is 2.33. The fourth-order valence-electron chi connectivity index (χ4n) is 3.96. The van der Waals surface area contributed by atoms with E-state index in [1.54, 1.807) is 38.1 Å². The standard InChI is InChI=1S/C28H31ClFN3O6S/c1-5-31-28(35)19(2)32(17-20-8-6-7-9-24(20)29)27(34)18-33(22-12-10-21(30)11-13-22)40(36,37)23-14-15-25(38-3)26(16-23)39-4/h6-16,19H,5,17-18H2,1-4H3,(H,31,35)/t19-/m1/s1. The summed E-state index contributed by atoms with van der Waals surface area (Å²) in [5, 5.41) is 3.07. The number of likely N-dealkylation sites (N-methyl/N-ethyl adjacent to an activating group) is 1. The van der Waals surface area contributed by atoms with Crippen molar-refractivity contribution in [2.75, 3.05) is 31.6 Å². The Hall–Kier alpha value is -3.83. The number of carbonyl (C=O) groups is 2. The van der Waals surface area contributed by atoms with Gasteiger partial charge >= 0.3 is 0 Å².